The number of halogens is 2. The summed E-state index contributed by atoms with van der Waals surface area (Å²) in [7, 11) is 0. The predicted octanol–water partition coefficient (Wildman–Crippen LogP) is 3.91. The van der Waals surface area contributed by atoms with Gasteiger partial charge in [-0.2, -0.15) is 0 Å². The Balaban J connectivity index is 2.88. The van der Waals surface area contributed by atoms with Crippen molar-refractivity contribution in [3.63, 3.8) is 0 Å². The Hall–Kier alpha value is -0.0900. The SMILES string of the molecule is CCC(C)(C)C(Cc1ccc(Br)cc1Cl)NN. The summed E-state index contributed by atoms with van der Waals surface area (Å²) >= 11 is 9.63. The smallest absolute Gasteiger partial charge is 0.0449 e. The van der Waals surface area contributed by atoms with E-state index in [-0.39, 0.29) is 11.5 Å². The van der Waals surface area contributed by atoms with Crippen LogP contribution in [-0.4, -0.2) is 6.04 Å². The molecule has 1 aromatic carbocycles. The van der Waals surface area contributed by atoms with E-state index in [0.717, 1.165) is 27.9 Å². The number of hydrogen-bond acceptors (Lipinski definition) is 2. The largest absolute Gasteiger partial charge is 0.271 e. The molecule has 4 heteroatoms. The van der Waals surface area contributed by atoms with E-state index in [1.54, 1.807) is 0 Å². The average molecular weight is 320 g/mol. The van der Waals surface area contributed by atoms with Crippen molar-refractivity contribution in [1.82, 2.24) is 5.43 Å². The zero-order valence-corrected chi connectivity index (χ0v) is 12.9. The second-order valence-corrected chi connectivity index (χ2v) is 6.32. The van der Waals surface area contributed by atoms with Gasteiger partial charge in [-0.15, -0.1) is 0 Å². The van der Waals surface area contributed by atoms with Crippen LogP contribution in [0.5, 0.6) is 0 Å². The molecule has 0 heterocycles. The zero-order chi connectivity index (χ0) is 13.1. The van der Waals surface area contributed by atoms with Gasteiger partial charge in [0, 0.05) is 15.5 Å². The highest BCUT2D eigenvalue weighted by atomic mass is 79.9. The maximum atomic E-state index is 6.23. The van der Waals surface area contributed by atoms with Crippen molar-refractivity contribution in [2.45, 2.75) is 39.7 Å². The van der Waals surface area contributed by atoms with Gasteiger partial charge in [0.1, 0.15) is 0 Å². The van der Waals surface area contributed by atoms with Crippen molar-refractivity contribution in [2.75, 3.05) is 0 Å². The van der Waals surface area contributed by atoms with E-state index in [4.69, 9.17) is 17.4 Å². The maximum absolute atomic E-state index is 6.23. The number of hydrazine groups is 1. The Bertz CT molecular complexity index is 380. The minimum absolute atomic E-state index is 0.144. The summed E-state index contributed by atoms with van der Waals surface area (Å²) in [6.45, 7) is 6.60. The molecule has 3 N–H and O–H groups in total. The highest BCUT2D eigenvalue weighted by molar-refractivity contribution is 9.10. The molecular weight excluding hydrogens is 300 g/mol. The summed E-state index contributed by atoms with van der Waals surface area (Å²) in [5, 5.41) is 0.784. The average Bonchev–Trinajstić information content (AvgIpc) is 2.27. The van der Waals surface area contributed by atoms with Crippen LogP contribution in [0.3, 0.4) is 0 Å². The fraction of sp³-hybridized carbons (Fsp3) is 0.538. The van der Waals surface area contributed by atoms with E-state index in [2.05, 4.69) is 42.1 Å². The number of rotatable bonds is 5. The second kappa shape index (κ2) is 6.19. The van der Waals surface area contributed by atoms with Gasteiger partial charge in [-0.3, -0.25) is 11.3 Å². The minimum atomic E-state index is 0.144. The first-order valence-corrected chi connectivity index (χ1v) is 6.98. The van der Waals surface area contributed by atoms with Gasteiger partial charge in [-0.25, -0.2) is 0 Å². The van der Waals surface area contributed by atoms with Crippen LogP contribution in [0.1, 0.15) is 32.8 Å². The van der Waals surface area contributed by atoms with Gasteiger partial charge in [0.2, 0.25) is 0 Å². The summed E-state index contributed by atoms with van der Waals surface area (Å²) < 4.78 is 0.998. The lowest BCUT2D eigenvalue weighted by Crippen LogP contribution is -2.46. The van der Waals surface area contributed by atoms with Crippen LogP contribution in [-0.2, 0) is 6.42 Å². The lowest BCUT2D eigenvalue weighted by atomic mass is 9.79. The molecule has 17 heavy (non-hydrogen) atoms. The molecule has 1 aromatic rings. The van der Waals surface area contributed by atoms with E-state index < -0.39 is 0 Å². The number of benzene rings is 1. The van der Waals surface area contributed by atoms with E-state index in [0.29, 0.717) is 0 Å². The molecule has 0 saturated carbocycles. The van der Waals surface area contributed by atoms with Crippen molar-refractivity contribution in [1.29, 1.82) is 0 Å². The van der Waals surface area contributed by atoms with E-state index in [9.17, 15) is 0 Å². The Kier molecular flexibility index (Phi) is 5.45. The first-order valence-electron chi connectivity index (χ1n) is 5.80. The van der Waals surface area contributed by atoms with Crippen LogP contribution < -0.4 is 11.3 Å². The van der Waals surface area contributed by atoms with Gasteiger partial charge in [0.15, 0.2) is 0 Å². The Morgan fingerprint density at radius 2 is 2.12 bits per heavy atom. The number of hydrogen-bond donors (Lipinski definition) is 2. The molecule has 1 atom stereocenters. The number of nitrogens with one attached hydrogen (secondary N) is 1. The van der Waals surface area contributed by atoms with Gasteiger partial charge in [-0.05, 0) is 36.0 Å². The summed E-state index contributed by atoms with van der Waals surface area (Å²) in [6, 6.07) is 6.19. The molecule has 0 amide bonds. The monoisotopic (exact) mass is 318 g/mol. The molecule has 0 aliphatic carbocycles. The molecule has 0 aromatic heterocycles. The molecule has 0 aliphatic rings. The Labute approximate surface area is 117 Å². The van der Waals surface area contributed by atoms with Gasteiger partial charge in [0.25, 0.3) is 0 Å². The van der Waals surface area contributed by atoms with Crippen LogP contribution in [0.2, 0.25) is 5.02 Å². The molecule has 0 radical (unpaired) electrons. The third-order valence-corrected chi connectivity index (χ3v) is 4.34. The van der Waals surface area contributed by atoms with Crippen molar-refractivity contribution in [3.8, 4) is 0 Å². The van der Waals surface area contributed by atoms with Gasteiger partial charge in [-0.1, -0.05) is 54.4 Å². The predicted molar refractivity (Wildman–Crippen MR) is 78.0 cm³/mol. The third kappa shape index (κ3) is 3.95. The Morgan fingerprint density at radius 1 is 1.47 bits per heavy atom. The fourth-order valence-electron chi connectivity index (χ4n) is 1.71. The van der Waals surface area contributed by atoms with Gasteiger partial charge in [0.05, 0.1) is 0 Å². The summed E-state index contributed by atoms with van der Waals surface area (Å²) in [5.74, 6) is 5.66. The minimum Gasteiger partial charge on any atom is -0.271 e. The van der Waals surface area contributed by atoms with Crippen LogP contribution in [0.4, 0.5) is 0 Å². The molecule has 0 fully saturated rings. The zero-order valence-electron chi connectivity index (χ0n) is 10.6. The molecule has 1 rings (SSSR count). The first kappa shape index (κ1) is 15.0. The first-order chi connectivity index (χ1) is 7.90. The highest BCUT2D eigenvalue weighted by Crippen LogP contribution is 2.29. The van der Waals surface area contributed by atoms with Crippen molar-refractivity contribution < 1.29 is 0 Å². The van der Waals surface area contributed by atoms with E-state index >= 15 is 0 Å². The molecule has 0 spiro atoms. The maximum Gasteiger partial charge on any atom is 0.0449 e. The van der Waals surface area contributed by atoms with Gasteiger partial charge < -0.3 is 0 Å². The lowest BCUT2D eigenvalue weighted by molar-refractivity contribution is 0.231. The second-order valence-electron chi connectivity index (χ2n) is 5.00. The topological polar surface area (TPSA) is 38.0 Å². The van der Waals surface area contributed by atoms with Crippen LogP contribution in [0, 0.1) is 5.41 Å². The quantitative estimate of drug-likeness (QED) is 0.638. The number of nitrogens with two attached hydrogens (primary N) is 1. The lowest BCUT2D eigenvalue weighted by Gasteiger charge is -2.33. The van der Waals surface area contributed by atoms with Crippen LogP contribution in [0.25, 0.3) is 0 Å². The van der Waals surface area contributed by atoms with E-state index in [1.165, 1.54) is 0 Å². The fourth-order valence-corrected chi connectivity index (χ4v) is 2.46. The Morgan fingerprint density at radius 3 is 2.59 bits per heavy atom. The van der Waals surface area contributed by atoms with Crippen LogP contribution in [0.15, 0.2) is 22.7 Å². The third-order valence-electron chi connectivity index (χ3n) is 3.49. The molecule has 96 valence electrons. The molecule has 0 bridgehead atoms. The molecule has 0 aliphatic heterocycles. The van der Waals surface area contributed by atoms with Crippen molar-refractivity contribution >= 4 is 27.5 Å². The molecule has 2 nitrogen and oxygen atoms in total. The van der Waals surface area contributed by atoms with E-state index in [1.807, 2.05) is 18.2 Å². The summed E-state index contributed by atoms with van der Waals surface area (Å²) in [6.07, 6.45) is 1.90. The summed E-state index contributed by atoms with van der Waals surface area (Å²) in [5.41, 5.74) is 4.18. The normalized spacial score (nSPS) is 13.8. The van der Waals surface area contributed by atoms with Crippen molar-refractivity contribution in [2.24, 2.45) is 11.3 Å². The van der Waals surface area contributed by atoms with Crippen LogP contribution >= 0.6 is 27.5 Å². The summed E-state index contributed by atoms with van der Waals surface area (Å²) in [4.78, 5) is 0. The molecule has 1 unspecified atom stereocenters. The van der Waals surface area contributed by atoms with Crippen molar-refractivity contribution in [3.05, 3.63) is 33.3 Å². The molecular formula is C13H20BrClN2. The molecule has 0 saturated heterocycles. The standard InChI is InChI=1S/C13H20BrClN2/c1-4-13(2,3)12(17-16)7-9-5-6-10(14)8-11(9)15/h5-6,8,12,17H,4,7,16H2,1-3H3. The van der Waals surface area contributed by atoms with Gasteiger partial charge >= 0.3 is 0 Å². The highest BCUT2D eigenvalue weighted by Gasteiger charge is 2.27.